The number of aromatic nitrogens is 2. The number of halogens is 2. The number of imidazole rings is 1. The number of aromatic amines is 1. The Morgan fingerprint density at radius 3 is 2.94 bits per heavy atom. The zero-order valence-corrected chi connectivity index (χ0v) is 9.38. The monoisotopic (exact) mass is 240 g/mol. The fourth-order valence-electron chi connectivity index (χ4n) is 1.38. The van der Waals surface area contributed by atoms with Gasteiger partial charge in [0.05, 0.1) is 13.0 Å². The van der Waals surface area contributed by atoms with Crippen molar-refractivity contribution in [2.45, 2.75) is 5.88 Å². The second-order valence-electron chi connectivity index (χ2n) is 3.24. The van der Waals surface area contributed by atoms with Crippen LogP contribution in [-0.2, 0) is 5.88 Å². The zero-order chi connectivity index (χ0) is 11.5. The standard InChI is InChI=1S/C11H10ClFN2O/c1-16-10-4-7(2-3-9(10)13)11-14-6-8(5-12)15-11/h2-4,6H,5H2,1H3,(H,14,15). The molecule has 16 heavy (non-hydrogen) atoms. The molecule has 2 rings (SSSR count). The summed E-state index contributed by atoms with van der Waals surface area (Å²) in [5, 5.41) is 0. The molecule has 0 amide bonds. The number of nitrogens with zero attached hydrogens (tertiary/aromatic N) is 1. The van der Waals surface area contributed by atoms with Crippen molar-refractivity contribution in [2.75, 3.05) is 7.11 Å². The summed E-state index contributed by atoms with van der Waals surface area (Å²) in [7, 11) is 1.43. The number of rotatable bonds is 3. The molecule has 0 aliphatic rings. The van der Waals surface area contributed by atoms with Gasteiger partial charge in [-0.25, -0.2) is 9.37 Å². The Balaban J connectivity index is 2.40. The highest BCUT2D eigenvalue weighted by atomic mass is 35.5. The maximum absolute atomic E-state index is 13.2. The first-order valence-electron chi connectivity index (χ1n) is 4.68. The molecule has 0 aliphatic carbocycles. The van der Waals surface area contributed by atoms with E-state index in [1.165, 1.54) is 13.2 Å². The number of H-pyrrole nitrogens is 1. The lowest BCUT2D eigenvalue weighted by Gasteiger charge is -2.03. The van der Waals surface area contributed by atoms with Crippen molar-refractivity contribution in [1.82, 2.24) is 9.97 Å². The van der Waals surface area contributed by atoms with Gasteiger partial charge in [-0.1, -0.05) is 0 Å². The molecular weight excluding hydrogens is 231 g/mol. The van der Waals surface area contributed by atoms with Crippen LogP contribution < -0.4 is 4.74 Å². The van der Waals surface area contributed by atoms with Crippen LogP contribution >= 0.6 is 11.6 Å². The number of benzene rings is 1. The predicted molar refractivity (Wildman–Crippen MR) is 60.1 cm³/mol. The zero-order valence-electron chi connectivity index (χ0n) is 8.63. The predicted octanol–water partition coefficient (Wildman–Crippen LogP) is 2.96. The summed E-state index contributed by atoms with van der Waals surface area (Å²) in [6.07, 6.45) is 1.65. The van der Waals surface area contributed by atoms with Gasteiger partial charge >= 0.3 is 0 Å². The largest absolute Gasteiger partial charge is 0.494 e. The minimum absolute atomic E-state index is 0.196. The molecule has 1 N–H and O–H groups in total. The van der Waals surface area contributed by atoms with Crippen LogP contribution in [0.5, 0.6) is 5.75 Å². The van der Waals surface area contributed by atoms with Gasteiger partial charge in [0.1, 0.15) is 5.82 Å². The maximum atomic E-state index is 13.2. The number of alkyl halides is 1. The van der Waals surface area contributed by atoms with Crippen LogP contribution in [0.4, 0.5) is 4.39 Å². The lowest BCUT2D eigenvalue weighted by atomic mass is 10.2. The first kappa shape index (κ1) is 11.0. The van der Waals surface area contributed by atoms with E-state index >= 15 is 0 Å². The molecule has 5 heteroatoms. The highest BCUT2D eigenvalue weighted by Crippen LogP contribution is 2.24. The molecule has 0 aliphatic heterocycles. The molecule has 0 unspecified atom stereocenters. The molecule has 84 valence electrons. The van der Waals surface area contributed by atoms with E-state index in [2.05, 4.69) is 9.97 Å². The summed E-state index contributed by atoms with van der Waals surface area (Å²) in [6.45, 7) is 0. The highest BCUT2D eigenvalue weighted by Gasteiger charge is 2.07. The van der Waals surface area contributed by atoms with Gasteiger partial charge in [0, 0.05) is 17.5 Å². The molecule has 1 aromatic heterocycles. The lowest BCUT2D eigenvalue weighted by molar-refractivity contribution is 0.387. The number of nitrogens with one attached hydrogen (secondary N) is 1. The SMILES string of the molecule is COc1cc(-c2ncc(CCl)[nH]2)ccc1F. The molecule has 0 bridgehead atoms. The van der Waals surface area contributed by atoms with Crippen molar-refractivity contribution in [3.63, 3.8) is 0 Å². The summed E-state index contributed by atoms with van der Waals surface area (Å²) in [6, 6.07) is 4.57. The molecule has 0 saturated carbocycles. The Bertz CT molecular complexity index is 498. The normalized spacial score (nSPS) is 10.4. The molecule has 0 atom stereocenters. The summed E-state index contributed by atoms with van der Waals surface area (Å²) in [5.74, 6) is 0.816. The molecular formula is C11H10ClFN2O. The summed E-state index contributed by atoms with van der Waals surface area (Å²) < 4.78 is 18.1. The average Bonchev–Trinajstić information content (AvgIpc) is 2.78. The van der Waals surface area contributed by atoms with E-state index in [1.807, 2.05) is 0 Å². The van der Waals surface area contributed by atoms with Crippen LogP contribution in [-0.4, -0.2) is 17.1 Å². The van der Waals surface area contributed by atoms with E-state index in [-0.39, 0.29) is 5.75 Å². The quantitative estimate of drug-likeness (QED) is 0.838. The Kier molecular flexibility index (Phi) is 3.10. The van der Waals surface area contributed by atoms with Crippen molar-refractivity contribution in [1.29, 1.82) is 0 Å². The Hall–Kier alpha value is -1.55. The first-order chi connectivity index (χ1) is 7.74. The highest BCUT2D eigenvalue weighted by molar-refractivity contribution is 6.16. The minimum Gasteiger partial charge on any atom is -0.494 e. The Morgan fingerprint density at radius 1 is 1.50 bits per heavy atom. The summed E-state index contributed by atoms with van der Waals surface area (Å²) >= 11 is 5.66. The van der Waals surface area contributed by atoms with Gasteiger partial charge in [-0.05, 0) is 18.2 Å². The van der Waals surface area contributed by atoms with Crippen molar-refractivity contribution >= 4 is 11.6 Å². The topological polar surface area (TPSA) is 37.9 Å². The number of hydrogen-bond donors (Lipinski definition) is 1. The molecule has 1 heterocycles. The van der Waals surface area contributed by atoms with Gasteiger partial charge in [-0.3, -0.25) is 0 Å². The Labute approximate surface area is 97.2 Å². The van der Waals surface area contributed by atoms with E-state index in [1.54, 1.807) is 18.3 Å². The van der Waals surface area contributed by atoms with Crippen LogP contribution in [0.1, 0.15) is 5.69 Å². The lowest BCUT2D eigenvalue weighted by Crippen LogP contribution is -1.89. The number of hydrogen-bond acceptors (Lipinski definition) is 2. The molecule has 0 saturated heterocycles. The van der Waals surface area contributed by atoms with Gasteiger partial charge in [0.2, 0.25) is 0 Å². The second kappa shape index (κ2) is 4.53. The molecule has 0 radical (unpaired) electrons. The van der Waals surface area contributed by atoms with E-state index in [9.17, 15) is 4.39 Å². The van der Waals surface area contributed by atoms with Crippen LogP contribution in [0.3, 0.4) is 0 Å². The molecule has 1 aromatic carbocycles. The third kappa shape index (κ3) is 2.02. The van der Waals surface area contributed by atoms with Gasteiger partial charge < -0.3 is 9.72 Å². The third-order valence-corrected chi connectivity index (χ3v) is 2.48. The van der Waals surface area contributed by atoms with Gasteiger partial charge in [-0.2, -0.15) is 0 Å². The third-order valence-electron chi connectivity index (χ3n) is 2.20. The fraction of sp³-hybridized carbons (Fsp3) is 0.182. The van der Waals surface area contributed by atoms with Crippen molar-refractivity contribution in [2.24, 2.45) is 0 Å². The van der Waals surface area contributed by atoms with Gasteiger partial charge in [0.15, 0.2) is 11.6 Å². The van der Waals surface area contributed by atoms with Gasteiger partial charge in [-0.15, -0.1) is 11.6 Å². The number of ether oxygens (including phenoxy) is 1. The fourth-order valence-corrected chi connectivity index (χ4v) is 1.52. The molecule has 0 fully saturated rings. The average molecular weight is 241 g/mol. The summed E-state index contributed by atoms with van der Waals surface area (Å²) in [4.78, 5) is 7.17. The summed E-state index contributed by atoms with van der Waals surface area (Å²) in [5.41, 5.74) is 1.58. The van der Waals surface area contributed by atoms with E-state index < -0.39 is 5.82 Å². The van der Waals surface area contributed by atoms with Crippen LogP contribution in [0.25, 0.3) is 11.4 Å². The van der Waals surface area contributed by atoms with E-state index in [0.717, 1.165) is 11.3 Å². The van der Waals surface area contributed by atoms with Gasteiger partial charge in [0.25, 0.3) is 0 Å². The number of methoxy groups -OCH3 is 1. The van der Waals surface area contributed by atoms with Crippen LogP contribution in [0.15, 0.2) is 24.4 Å². The van der Waals surface area contributed by atoms with E-state index in [0.29, 0.717) is 11.7 Å². The first-order valence-corrected chi connectivity index (χ1v) is 5.22. The Morgan fingerprint density at radius 2 is 2.31 bits per heavy atom. The second-order valence-corrected chi connectivity index (χ2v) is 3.51. The maximum Gasteiger partial charge on any atom is 0.165 e. The smallest absolute Gasteiger partial charge is 0.165 e. The minimum atomic E-state index is -0.393. The van der Waals surface area contributed by atoms with Crippen LogP contribution in [0.2, 0.25) is 0 Å². The van der Waals surface area contributed by atoms with E-state index in [4.69, 9.17) is 16.3 Å². The van der Waals surface area contributed by atoms with Crippen molar-refractivity contribution in [3.05, 3.63) is 35.9 Å². The molecule has 0 spiro atoms. The van der Waals surface area contributed by atoms with Crippen molar-refractivity contribution < 1.29 is 9.13 Å². The van der Waals surface area contributed by atoms with Crippen molar-refractivity contribution in [3.8, 4) is 17.1 Å². The molecule has 3 nitrogen and oxygen atoms in total. The molecule has 2 aromatic rings. The van der Waals surface area contributed by atoms with Crippen LogP contribution in [0, 0.1) is 5.82 Å².